The standard InChI is InChI=1S/C23H22F2N4O2/c1-15-3-4-21(13-26-15)31-23(30)28-7-5-20(6-8-28)29-14-22(27-12-16(29)2)17-9-18(24)11-19(25)10-17/h3-4,9-11,13-14,20H,5-8H2,1-2H3. The van der Waals surface area contributed by atoms with E-state index < -0.39 is 17.7 Å². The van der Waals surface area contributed by atoms with Crippen molar-refractivity contribution in [3.8, 4) is 5.75 Å². The second-order valence-corrected chi connectivity index (χ2v) is 7.61. The van der Waals surface area contributed by atoms with Crippen molar-refractivity contribution < 1.29 is 18.3 Å². The maximum atomic E-state index is 13.6. The van der Waals surface area contributed by atoms with Gasteiger partial charge in [0.1, 0.15) is 11.6 Å². The second-order valence-electron chi connectivity index (χ2n) is 7.61. The summed E-state index contributed by atoms with van der Waals surface area (Å²) in [5.41, 5.74) is 2.46. The summed E-state index contributed by atoms with van der Waals surface area (Å²) in [6, 6.07) is 6.94. The van der Waals surface area contributed by atoms with Gasteiger partial charge in [0, 0.05) is 48.5 Å². The lowest BCUT2D eigenvalue weighted by Crippen LogP contribution is -2.46. The van der Waals surface area contributed by atoms with E-state index in [2.05, 4.69) is 15.8 Å². The molecule has 0 atom stereocenters. The number of nitrogens with zero attached hydrogens (tertiary/aromatic N) is 4. The summed E-state index contributed by atoms with van der Waals surface area (Å²) in [6.07, 6.45) is 4.34. The number of likely N-dealkylation sites (tertiary alicyclic amines) is 1. The molecule has 0 spiro atoms. The number of benzene rings is 1. The molecule has 0 aliphatic carbocycles. The lowest BCUT2D eigenvalue weighted by Gasteiger charge is -2.38. The Kier molecular flexibility index (Phi) is 5.82. The summed E-state index contributed by atoms with van der Waals surface area (Å²) in [4.78, 5) is 24.5. The molecule has 2 aliphatic heterocycles. The molecule has 0 N–H and O–H groups in total. The smallest absolute Gasteiger partial charge is 0.409 e. The Morgan fingerprint density at radius 3 is 2.48 bits per heavy atom. The van der Waals surface area contributed by atoms with Crippen molar-refractivity contribution in [3.63, 3.8) is 0 Å². The highest BCUT2D eigenvalue weighted by Gasteiger charge is 2.29. The molecule has 1 aromatic heterocycles. The number of carbonyl (C=O) groups excluding carboxylic acids is 1. The molecule has 160 valence electrons. The molecule has 3 heterocycles. The van der Waals surface area contributed by atoms with Gasteiger partial charge in [0.05, 0.1) is 17.6 Å². The number of hydrogen-bond acceptors (Lipinski definition) is 5. The van der Waals surface area contributed by atoms with Gasteiger partial charge < -0.3 is 14.5 Å². The molecule has 1 amide bonds. The Labute approximate surface area is 179 Å². The number of hydrogen-bond donors (Lipinski definition) is 0. The van der Waals surface area contributed by atoms with Crippen LogP contribution in [-0.2, 0) is 0 Å². The molecule has 4 rings (SSSR count). The molecule has 2 aromatic rings. The van der Waals surface area contributed by atoms with Gasteiger partial charge in [-0.25, -0.2) is 18.6 Å². The van der Waals surface area contributed by atoms with E-state index >= 15 is 0 Å². The fourth-order valence-electron chi connectivity index (χ4n) is 3.68. The quantitative estimate of drug-likeness (QED) is 0.727. The number of pyridine rings is 1. The van der Waals surface area contributed by atoms with Crippen molar-refractivity contribution in [1.82, 2.24) is 14.8 Å². The number of amides is 1. The maximum Gasteiger partial charge on any atom is 0.415 e. The van der Waals surface area contributed by atoms with Crippen molar-refractivity contribution in [1.29, 1.82) is 0 Å². The van der Waals surface area contributed by atoms with Crippen LogP contribution < -0.4 is 4.74 Å². The number of aromatic nitrogens is 1. The normalized spacial score (nSPS) is 16.8. The molecule has 2 aliphatic rings. The molecular weight excluding hydrogens is 402 g/mol. The third kappa shape index (κ3) is 4.81. The summed E-state index contributed by atoms with van der Waals surface area (Å²) in [5, 5.41) is 0. The zero-order chi connectivity index (χ0) is 22.0. The predicted octanol–water partition coefficient (Wildman–Crippen LogP) is 4.52. The topological polar surface area (TPSA) is 58.0 Å². The molecule has 0 radical (unpaired) electrons. The van der Waals surface area contributed by atoms with E-state index in [1.54, 1.807) is 23.2 Å². The zero-order valence-corrected chi connectivity index (χ0v) is 17.3. The number of halogens is 2. The molecule has 8 heteroatoms. The Morgan fingerprint density at radius 2 is 1.84 bits per heavy atom. The highest BCUT2D eigenvalue weighted by atomic mass is 19.1. The van der Waals surface area contributed by atoms with Crippen LogP contribution in [0.15, 0.2) is 53.4 Å². The summed E-state index contributed by atoms with van der Waals surface area (Å²) >= 11 is 0. The van der Waals surface area contributed by atoms with Crippen molar-refractivity contribution in [2.24, 2.45) is 4.99 Å². The number of aliphatic imine (C=N–C) groups is 1. The van der Waals surface area contributed by atoms with Gasteiger partial charge in [-0.2, -0.15) is 0 Å². The fraction of sp³-hybridized carbons (Fsp3) is 0.304. The lowest BCUT2D eigenvalue weighted by atomic mass is 10.0. The first-order valence-electron chi connectivity index (χ1n) is 10.1. The highest BCUT2D eigenvalue weighted by Crippen LogP contribution is 2.27. The predicted molar refractivity (Wildman–Crippen MR) is 112 cm³/mol. The van der Waals surface area contributed by atoms with Crippen molar-refractivity contribution in [3.05, 3.63) is 71.3 Å². The van der Waals surface area contributed by atoms with Crippen LogP contribution in [0.3, 0.4) is 0 Å². The summed E-state index contributed by atoms with van der Waals surface area (Å²) in [5.74, 6) is 2.04. The van der Waals surface area contributed by atoms with Crippen LogP contribution >= 0.6 is 0 Å². The third-order valence-corrected chi connectivity index (χ3v) is 5.35. The van der Waals surface area contributed by atoms with E-state index in [-0.39, 0.29) is 6.04 Å². The average molecular weight is 424 g/mol. The summed E-state index contributed by atoms with van der Waals surface area (Å²) in [7, 11) is 0. The highest BCUT2D eigenvalue weighted by molar-refractivity contribution is 5.76. The molecule has 1 saturated heterocycles. The molecular formula is C23H22F2N4O2. The van der Waals surface area contributed by atoms with Crippen LogP contribution in [0.1, 0.15) is 31.0 Å². The van der Waals surface area contributed by atoms with Crippen LogP contribution in [0.25, 0.3) is 5.70 Å². The fourth-order valence-corrected chi connectivity index (χ4v) is 3.68. The molecule has 0 bridgehead atoms. The van der Waals surface area contributed by atoms with Gasteiger partial charge in [-0.15, -0.1) is 0 Å². The largest absolute Gasteiger partial charge is 0.415 e. The molecule has 1 aromatic carbocycles. The van der Waals surface area contributed by atoms with Crippen LogP contribution in [-0.4, -0.2) is 45.9 Å². The van der Waals surface area contributed by atoms with Crippen LogP contribution in [0.5, 0.6) is 5.75 Å². The third-order valence-electron chi connectivity index (χ3n) is 5.35. The van der Waals surface area contributed by atoms with E-state index in [4.69, 9.17) is 4.74 Å². The maximum absolute atomic E-state index is 13.6. The molecule has 31 heavy (non-hydrogen) atoms. The van der Waals surface area contributed by atoms with Crippen molar-refractivity contribution >= 4 is 17.7 Å². The van der Waals surface area contributed by atoms with Gasteiger partial charge in [-0.3, -0.25) is 4.98 Å². The molecule has 6 nitrogen and oxygen atoms in total. The molecule has 0 unspecified atom stereocenters. The van der Waals surface area contributed by atoms with Crippen molar-refractivity contribution in [2.45, 2.75) is 32.7 Å². The first-order chi connectivity index (χ1) is 14.9. The summed E-state index contributed by atoms with van der Waals surface area (Å²) < 4.78 is 32.6. The van der Waals surface area contributed by atoms with Crippen molar-refractivity contribution in [2.75, 3.05) is 13.1 Å². The van der Waals surface area contributed by atoms with Gasteiger partial charge in [0.15, 0.2) is 5.75 Å². The van der Waals surface area contributed by atoms with Gasteiger partial charge >= 0.3 is 6.09 Å². The Bertz CT molecular complexity index is 1060. The number of allylic oxidation sites excluding steroid dienone is 1. The minimum atomic E-state index is -0.653. The summed E-state index contributed by atoms with van der Waals surface area (Å²) in [6.45, 7) is 4.81. The van der Waals surface area contributed by atoms with Gasteiger partial charge in [-0.1, -0.05) is 0 Å². The van der Waals surface area contributed by atoms with E-state index in [9.17, 15) is 13.6 Å². The Hall–Kier alpha value is -3.51. The first-order valence-corrected chi connectivity index (χ1v) is 10.1. The second kappa shape index (κ2) is 8.70. The first kappa shape index (κ1) is 20.8. The monoisotopic (exact) mass is 424 g/mol. The molecule has 1 fully saturated rings. The Balaban J connectivity index is 1.41. The number of ether oxygens (including phenoxy) is 1. The molecule has 0 saturated carbocycles. The van der Waals surface area contributed by atoms with Crippen LogP contribution in [0, 0.1) is 18.6 Å². The Morgan fingerprint density at radius 1 is 1.13 bits per heavy atom. The lowest BCUT2D eigenvalue weighted by molar-refractivity contribution is 0.124. The van der Waals surface area contributed by atoms with Gasteiger partial charge in [0.25, 0.3) is 0 Å². The number of rotatable bonds is 3. The van der Waals surface area contributed by atoms with Gasteiger partial charge in [-0.05, 0) is 51.0 Å². The minimum Gasteiger partial charge on any atom is -0.409 e. The minimum absolute atomic E-state index is 0.112. The van der Waals surface area contributed by atoms with Crippen LogP contribution in [0.2, 0.25) is 0 Å². The van der Waals surface area contributed by atoms with Crippen LogP contribution in [0.4, 0.5) is 13.6 Å². The SMILES string of the molecule is CC1=C=NC(c2cc(F)cc(F)c2)=CN1C1CCN(C(=O)Oc2ccc(C)nc2)CC1. The van der Waals surface area contributed by atoms with Gasteiger partial charge in [0.2, 0.25) is 0 Å². The van der Waals surface area contributed by atoms with E-state index in [1.807, 2.05) is 18.7 Å². The number of piperidine rings is 1. The average Bonchev–Trinajstić information content (AvgIpc) is 2.75. The van der Waals surface area contributed by atoms with E-state index in [1.165, 1.54) is 18.3 Å². The van der Waals surface area contributed by atoms with E-state index in [0.717, 1.165) is 17.5 Å². The van der Waals surface area contributed by atoms with E-state index in [0.29, 0.717) is 42.9 Å². The number of carbonyl (C=O) groups is 1. The number of aryl methyl sites for hydroxylation is 1. The zero-order valence-electron chi connectivity index (χ0n) is 17.3.